The molecule has 3 nitrogen and oxygen atoms in total. The van der Waals surface area contributed by atoms with Crippen LogP contribution >= 0.6 is 11.3 Å². The first-order valence-corrected chi connectivity index (χ1v) is 7.42. The Morgan fingerprint density at radius 3 is 2.63 bits per heavy atom. The fourth-order valence-electron chi connectivity index (χ4n) is 1.99. The molecule has 19 heavy (non-hydrogen) atoms. The summed E-state index contributed by atoms with van der Waals surface area (Å²) in [5.74, 6) is 0. The minimum atomic E-state index is -0.0112. The normalized spacial score (nSPS) is 14.1. The molecule has 0 saturated heterocycles. The van der Waals surface area contributed by atoms with Crippen molar-refractivity contribution in [1.82, 2.24) is 4.98 Å². The van der Waals surface area contributed by atoms with Crippen LogP contribution in [0.4, 0.5) is 5.69 Å². The molecule has 4 heteroatoms. The Morgan fingerprint density at radius 1 is 1.32 bits per heavy atom. The number of hydrogen-bond acceptors (Lipinski definition) is 4. The predicted molar refractivity (Wildman–Crippen MR) is 82.7 cm³/mol. The van der Waals surface area contributed by atoms with E-state index in [0.29, 0.717) is 6.04 Å². The predicted octanol–water partition coefficient (Wildman–Crippen LogP) is 3.23. The molecule has 0 saturated carbocycles. The molecule has 102 valence electrons. The van der Waals surface area contributed by atoms with Crippen molar-refractivity contribution in [1.29, 1.82) is 0 Å². The van der Waals surface area contributed by atoms with E-state index in [1.807, 2.05) is 30.5 Å². The number of likely N-dealkylation sites (N-methyl/N-ethyl adjacent to an activating group) is 1. The van der Waals surface area contributed by atoms with Gasteiger partial charge in [0, 0.05) is 30.4 Å². The van der Waals surface area contributed by atoms with Gasteiger partial charge >= 0.3 is 0 Å². The van der Waals surface area contributed by atoms with E-state index in [1.165, 1.54) is 4.88 Å². The second-order valence-corrected chi connectivity index (χ2v) is 6.01. The van der Waals surface area contributed by atoms with Gasteiger partial charge in [0.25, 0.3) is 0 Å². The molecule has 0 radical (unpaired) electrons. The summed E-state index contributed by atoms with van der Waals surface area (Å²) >= 11 is 1.81. The molecule has 2 aromatic rings. The van der Waals surface area contributed by atoms with Crippen molar-refractivity contribution < 1.29 is 0 Å². The van der Waals surface area contributed by atoms with Crippen LogP contribution < -0.4 is 10.6 Å². The van der Waals surface area contributed by atoms with Gasteiger partial charge in [0.2, 0.25) is 0 Å². The second kappa shape index (κ2) is 6.17. The monoisotopic (exact) mass is 275 g/mol. The third-order valence-corrected chi connectivity index (χ3v) is 4.28. The first kappa shape index (κ1) is 14.0. The minimum Gasteiger partial charge on any atom is -0.370 e. The Balaban J connectivity index is 2.04. The fraction of sp³-hybridized carbons (Fsp3) is 0.400. The zero-order valence-corrected chi connectivity index (χ0v) is 12.5. The SMILES string of the molecule is CC(N)c1ccc(N(C)C(C)Cc2cccs2)cn1. The van der Waals surface area contributed by atoms with Gasteiger partial charge < -0.3 is 10.6 Å². The summed E-state index contributed by atoms with van der Waals surface area (Å²) in [7, 11) is 2.11. The largest absolute Gasteiger partial charge is 0.370 e. The highest BCUT2D eigenvalue weighted by Gasteiger charge is 2.12. The minimum absolute atomic E-state index is 0.0112. The highest BCUT2D eigenvalue weighted by molar-refractivity contribution is 7.09. The number of pyridine rings is 1. The van der Waals surface area contributed by atoms with E-state index in [9.17, 15) is 0 Å². The zero-order chi connectivity index (χ0) is 13.8. The van der Waals surface area contributed by atoms with Crippen molar-refractivity contribution in [2.45, 2.75) is 32.4 Å². The number of thiophene rings is 1. The first-order valence-electron chi connectivity index (χ1n) is 6.54. The molecule has 0 amide bonds. The molecule has 0 spiro atoms. The average molecular weight is 275 g/mol. The number of aromatic nitrogens is 1. The molecule has 2 rings (SSSR count). The number of nitrogens with two attached hydrogens (primary N) is 1. The molecule has 2 heterocycles. The van der Waals surface area contributed by atoms with Gasteiger partial charge in [-0.25, -0.2) is 0 Å². The second-order valence-electron chi connectivity index (χ2n) is 4.97. The topological polar surface area (TPSA) is 42.1 Å². The zero-order valence-electron chi connectivity index (χ0n) is 11.7. The summed E-state index contributed by atoms with van der Waals surface area (Å²) in [5.41, 5.74) is 7.88. The Bertz CT molecular complexity index is 491. The molecular formula is C15H21N3S. The molecule has 2 N–H and O–H groups in total. The van der Waals surface area contributed by atoms with E-state index in [-0.39, 0.29) is 6.04 Å². The van der Waals surface area contributed by atoms with E-state index in [1.54, 1.807) is 0 Å². The molecule has 0 aliphatic heterocycles. The van der Waals surface area contributed by atoms with Crippen molar-refractivity contribution in [3.63, 3.8) is 0 Å². The van der Waals surface area contributed by atoms with Crippen molar-refractivity contribution in [2.75, 3.05) is 11.9 Å². The molecule has 0 fully saturated rings. The molecular weight excluding hydrogens is 254 g/mol. The van der Waals surface area contributed by atoms with Gasteiger partial charge in [-0.05, 0) is 37.4 Å². The lowest BCUT2D eigenvalue weighted by molar-refractivity contribution is 0.685. The highest BCUT2D eigenvalue weighted by Crippen LogP contribution is 2.19. The van der Waals surface area contributed by atoms with Gasteiger partial charge in [-0.2, -0.15) is 0 Å². The van der Waals surface area contributed by atoms with Gasteiger partial charge in [0.05, 0.1) is 17.6 Å². The Hall–Kier alpha value is -1.39. The molecule has 2 unspecified atom stereocenters. The molecule has 2 aromatic heterocycles. The quantitative estimate of drug-likeness (QED) is 0.911. The van der Waals surface area contributed by atoms with Crippen LogP contribution in [0.5, 0.6) is 0 Å². The number of hydrogen-bond donors (Lipinski definition) is 1. The maximum Gasteiger partial charge on any atom is 0.0569 e. The number of rotatable bonds is 5. The summed E-state index contributed by atoms with van der Waals surface area (Å²) in [5, 5.41) is 2.13. The van der Waals surface area contributed by atoms with Gasteiger partial charge in [0.1, 0.15) is 0 Å². The van der Waals surface area contributed by atoms with Gasteiger partial charge in [-0.3, -0.25) is 4.98 Å². The van der Waals surface area contributed by atoms with Crippen LogP contribution in [0.3, 0.4) is 0 Å². The average Bonchev–Trinajstić information content (AvgIpc) is 2.90. The van der Waals surface area contributed by atoms with E-state index >= 15 is 0 Å². The summed E-state index contributed by atoms with van der Waals surface area (Å²) in [6.45, 7) is 4.18. The van der Waals surface area contributed by atoms with Gasteiger partial charge in [-0.15, -0.1) is 11.3 Å². The van der Waals surface area contributed by atoms with Gasteiger partial charge in [0.15, 0.2) is 0 Å². The van der Waals surface area contributed by atoms with Crippen molar-refractivity contribution >= 4 is 17.0 Å². The molecule has 2 atom stereocenters. The van der Waals surface area contributed by atoms with Crippen LogP contribution in [0.25, 0.3) is 0 Å². The van der Waals surface area contributed by atoms with Gasteiger partial charge in [-0.1, -0.05) is 6.07 Å². The van der Waals surface area contributed by atoms with Crippen LogP contribution in [0.1, 0.15) is 30.5 Å². The summed E-state index contributed by atoms with van der Waals surface area (Å²) in [4.78, 5) is 8.09. The molecule has 0 aliphatic carbocycles. The Morgan fingerprint density at radius 2 is 2.11 bits per heavy atom. The maximum absolute atomic E-state index is 5.82. The number of nitrogens with zero attached hydrogens (tertiary/aromatic N) is 2. The van der Waals surface area contributed by atoms with Crippen molar-refractivity contribution in [3.8, 4) is 0 Å². The standard InChI is InChI=1S/C15H21N3S/c1-11(9-14-5-4-8-19-14)18(3)13-6-7-15(12(2)16)17-10-13/h4-8,10-12H,9,16H2,1-3H3. The highest BCUT2D eigenvalue weighted by atomic mass is 32.1. The third kappa shape index (κ3) is 3.55. The van der Waals surface area contributed by atoms with E-state index in [4.69, 9.17) is 5.73 Å². The van der Waals surface area contributed by atoms with E-state index in [0.717, 1.165) is 17.8 Å². The molecule has 0 bridgehead atoms. The molecule has 0 aromatic carbocycles. The Kier molecular flexibility index (Phi) is 4.56. The lowest BCUT2D eigenvalue weighted by atomic mass is 10.1. The fourth-order valence-corrected chi connectivity index (χ4v) is 2.81. The van der Waals surface area contributed by atoms with Crippen LogP contribution in [0.2, 0.25) is 0 Å². The summed E-state index contributed by atoms with van der Waals surface area (Å²) in [6.07, 6.45) is 2.97. The lowest BCUT2D eigenvalue weighted by Gasteiger charge is -2.26. The van der Waals surface area contributed by atoms with Crippen LogP contribution in [-0.2, 0) is 6.42 Å². The number of anilines is 1. The smallest absolute Gasteiger partial charge is 0.0569 e. The van der Waals surface area contributed by atoms with Crippen molar-refractivity contribution in [3.05, 3.63) is 46.4 Å². The summed E-state index contributed by atoms with van der Waals surface area (Å²) < 4.78 is 0. The lowest BCUT2D eigenvalue weighted by Crippen LogP contribution is -2.30. The maximum atomic E-state index is 5.82. The van der Waals surface area contributed by atoms with Crippen LogP contribution in [-0.4, -0.2) is 18.1 Å². The van der Waals surface area contributed by atoms with Crippen molar-refractivity contribution in [2.24, 2.45) is 5.73 Å². The Labute approximate surface area is 119 Å². The van der Waals surface area contributed by atoms with Crippen LogP contribution in [0, 0.1) is 0 Å². The third-order valence-electron chi connectivity index (χ3n) is 3.38. The van der Waals surface area contributed by atoms with E-state index < -0.39 is 0 Å². The van der Waals surface area contributed by atoms with Crippen LogP contribution in [0.15, 0.2) is 35.8 Å². The molecule has 0 aliphatic rings. The first-order chi connectivity index (χ1) is 9.08. The summed E-state index contributed by atoms with van der Waals surface area (Å²) in [6, 6.07) is 8.83. The van der Waals surface area contributed by atoms with E-state index in [2.05, 4.69) is 47.4 Å².